The first kappa shape index (κ1) is 25.2. The number of hydrogen-bond acceptors (Lipinski definition) is 4. The van der Waals surface area contributed by atoms with Crippen LogP contribution in [0, 0.1) is 0 Å². The standard InChI is InChI=1S/C25H30Cl2N2O4/c1-16(24(31)28-25(2,3)4)29(15-18-7-8-19(26)14-20(18)27)23(30)10-6-17-5-9-21-22(13-17)33-12-11-32-21/h5,7-9,13-14,16H,6,10-12,15H2,1-4H3,(H,28,31). The highest BCUT2D eigenvalue weighted by atomic mass is 35.5. The Morgan fingerprint density at radius 2 is 1.76 bits per heavy atom. The van der Waals surface area contributed by atoms with E-state index in [1.807, 2.05) is 39.0 Å². The number of carbonyl (C=O) groups excluding carboxylic acids is 2. The molecule has 1 unspecified atom stereocenters. The van der Waals surface area contributed by atoms with Crippen molar-refractivity contribution in [2.75, 3.05) is 13.2 Å². The first-order valence-corrected chi connectivity index (χ1v) is 11.7. The summed E-state index contributed by atoms with van der Waals surface area (Å²) in [6.45, 7) is 8.68. The smallest absolute Gasteiger partial charge is 0.242 e. The van der Waals surface area contributed by atoms with Gasteiger partial charge in [-0.05, 0) is 69.5 Å². The summed E-state index contributed by atoms with van der Waals surface area (Å²) in [7, 11) is 0. The summed E-state index contributed by atoms with van der Waals surface area (Å²) >= 11 is 12.4. The Morgan fingerprint density at radius 1 is 1.06 bits per heavy atom. The average Bonchev–Trinajstić information content (AvgIpc) is 2.75. The molecule has 0 aromatic heterocycles. The second kappa shape index (κ2) is 10.7. The maximum absolute atomic E-state index is 13.3. The molecule has 2 amide bonds. The molecule has 1 aliphatic heterocycles. The van der Waals surface area contributed by atoms with E-state index in [1.165, 1.54) is 0 Å². The Balaban J connectivity index is 1.76. The number of nitrogens with one attached hydrogen (secondary N) is 1. The highest BCUT2D eigenvalue weighted by Crippen LogP contribution is 2.31. The molecule has 0 saturated carbocycles. The van der Waals surface area contributed by atoms with Gasteiger partial charge in [-0.25, -0.2) is 0 Å². The second-order valence-corrected chi connectivity index (χ2v) is 9.99. The van der Waals surface area contributed by atoms with E-state index in [-0.39, 0.29) is 24.8 Å². The number of benzene rings is 2. The van der Waals surface area contributed by atoms with E-state index < -0.39 is 11.6 Å². The first-order valence-electron chi connectivity index (χ1n) is 11.0. The Kier molecular flexibility index (Phi) is 8.14. The van der Waals surface area contributed by atoms with Crippen LogP contribution >= 0.6 is 23.2 Å². The molecular formula is C25H30Cl2N2O4. The SMILES string of the molecule is CC(C(=O)NC(C)(C)C)N(Cc1ccc(Cl)cc1Cl)C(=O)CCc1ccc2c(c1)OCCO2. The third-order valence-corrected chi connectivity index (χ3v) is 5.84. The van der Waals surface area contributed by atoms with Crippen molar-refractivity contribution in [3.05, 3.63) is 57.6 Å². The van der Waals surface area contributed by atoms with Crippen LogP contribution in [0.25, 0.3) is 0 Å². The molecule has 6 nitrogen and oxygen atoms in total. The zero-order valence-corrected chi connectivity index (χ0v) is 20.9. The summed E-state index contributed by atoms with van der Waals surface area (Å²) in [4.78, 5) is 27.8. The van der Waals surface area contributed by atoms with Crippen LogP contribution in [0.4, 0.5) is 0 Å². The first-order chi connectivity index (χ1) is 15.5. The van der Waals surface area contributed by atoms with Crippen molar-refractivity contribution in [2.24, 2.45) is 0 Å². The number of nitrogens with zero attached hydrogens (tertiary/aromatic N) is 1. The van der Waals surface area contributed by atoms with Gasteiger partial charge in [0.1, 0.15) is 19.3 Å². The molecule has 8 heteroatoms. The van der Waals surface area contributed by atoms with Crippen molar-refractivity contribution in [2.45, 2.75) is 58.7 Å². The molecule has 178 valence electrons. The molecular weight excluding hydrogens is 463 g/mol. The summed E-state index contributed by atoms with van der Waals surface area (Å²) in [6.07, 6.45) is 0.742. The van der Waals surface area contributed by atoms with Crippen LogP contribution in [0.15, 0.2) is 36.4 Å². The Hall–Kier alpha value is -2.44. The number of halogens is 2. The highest BCUT2D eigenvalue weighted by molar-refractivity contribution is 6.35. The lowest BCUT2D eigenvalue weighted by atomic mass is 10.1. The van der Waals surface area contributed by atoms with E-state index in [9.17, 15) is 9.59 Å². The number of ether oxygens (including phenoxy) is 2. The van der Waals surface area contributed by atoms with Gasteiger partial charge < -0.3 is 19.7 Å². The lowest BCUT2D eigenvalue weighted by Gasteiger charge is -2.32. The van der Waals surface area contributed by atoms with Gasteiger partial charge >= 0.3 is 0 Å². The number of fused-ring (bicyclic) bond motifs is 1. The minimum atomic E-state index is -0.677. The van der Waals surface area contributed by atoms with Crippen LogP contribution < -0.4 is 14.8 Å². The number of hydrogen-bond donors (Lipinski definition) is 1. The van der Waals surface area contributed by atoms with Gasteiger partial charge in [0.25, 0.3) is 0 Å². The van der Waals surface area contributed by atoms with Gasteiger partial charge in [0.15, 0.2) is 11.5 Å². The fraction of sp³-hybridized carbons (Fsp3) is 0.440. The molecule has 1 aliphatic rings. The van der Waals surface area contributed by atoms with E-state index in [0.717, 1.165) is 11.1 Å². The zero-order valence-electron chi connectivity index (χ0n) is 19.4. The number of aryl methyl sites for hydroxylation is 1. The minimum Gasteiger partial charge on any atom is -0.486 e. The topological polar surface area (TPSA) is 67.9 Å². The van der Waals surface area contributed by atoms with Gasteiger partial charge in [-0.15, -0.1) is 0 Å². The summed E-state index contributed by atoms with van der Waals surface area (Å²) < 4.78 is 11.2. The predicted octanol–water partition coefficient (Wildman–Crippen LogP) is 5.03. The monoisotopic (exact) mass is 492 g/mol. The molecule has 0 aliphatic carbocycles. The molecule has 33 heavy (non-hydrogen) atoms. The molecule has 0 fully saturated rings. The van der Waals surface area contributed by atoms with Crippen molar-refractivity contribution >= 4 is 35.0 Å². The lowest BCUT2D eigenvalue weighted by Crippen LogP contribution is -2.52. The van der Waals surface area contributed by atoms with Crippen molar-refractivity contribution in [1.82, 2.24) is 10.2 Å². The summed E-state index contributed by atoms with van der Waals surface area (Å²) in [5.74, 6) is 1.03. The predicted molar refractivity (Wildman–Crippen MR) is 130 cm³/mol. The third kappa shape index (κ3) is 7.02. The van der Waals surface area contributed by atoms with Gasteiger partial charge in [-0.1, -0.05) is 35.3 Å². The fourth-order valence-corrected chi connectivity index (χ4v) is 4.00. The maximum atomic E-state index is 13.3. The van der Waals surface area contributed by atoms with Crippen LogP contribution in [-0.2, 0) is 22.6 Å². The quantitative estimate of drug-likeness (QED) is 0.588. The Labute approximate surface area is 205 Å². The molecule has 0 bridgehead atoms. The molecule has 0 radical (unpaired) electrons. The molecule has 1 heterocycles. The molecule has 1 N–H and O–H groups in total. The molecule has 1 atom stereocenters. The van der Waals surface area contributed by atoms with Crippen LogP contribution in [0.5, 0.6) is 11.5 Å². The molecule has 2 aromatic carbocycles. The number of amides is 2. The normalized spacial score (nSPS) is 13.9. The molecule has 3 rings (SSSR count). The zero-order chi connectivity index (χ0) is 24.2. The van der Waals surface area contributed by atoms with E-state index in [1.54, 1.807) is 30.0 Å². The molecule has 0 spiro atoms. The average molecular weight is 493 g/mol. The van der Waals surface area contributed by atoms with Crippen LogP contribution in [0.1, 0.15) is 45.2 Å². The number of rotatable bonds is 7. The summed E-state index contributed by atoms with van der Waals surface area (Å²) in [5.41, 5.74) is 1.27. The van der Waals surface area contributed by atoms with E-state index in [4.69, 9.17) is 32.7 Å². The van der Waals surface area contributed by atoms with Crippen molar-refractivity contribution in [3.63, 3.8) is 0 Å². The highest BCUT2D eigenvalue weighted by Gasteiger charge is 2.28. The Bertz CT molecular complexity index is 1020. The minimum absolute atomic E-state index is 0.146. The van der Waals surface area contributed by atoms with Gasteiger partial charge in [0.2, 0.25) is 11.8 Å². The summed E-state index contributed by atoms with van der Waals surface area (Å²) in [5, 5.41) is 3.92. The van der Waals surface area contributed by atoms with Crippen LogP contribution in [-0.4, -0.2) is 41.5 Å². The van der Waals surface area contributed by atoms with Gasteiger partial charge in [-0.3, -0.25) is 9.59 Å². The number of carbonyl (C=O) groups is 2. The maximum Gasteiger partial charge on any atom is 0.242 e. The van der Waals surface area contributed by atoms with Crippen molar-refractivity contribution in [1.29, 1.82) is 0 Å². The molecule has 0 saturated heterocycles. The molecule has 2 aromatic rings. The Morgan fingerprint density at radius 3 is 2.42 bits per heavy atom. The van der Waals surface area contributed by atoms with Gasteiger partial charge in [0.05, 0.1) is 0 Å². The largest absolute Gasteiger partial charge is 0.486 e. The van der Waals surface area contributed by atoms with Crippen LogP contribution in [0.3, 0.4) is 0 Å². The van der Waals surface area contributed by atoms with Gasteiger partial charge in [0, 0.05) is 28.5 Å². The van der Waals surface area contributed by atoms with Crippen molar-refractivity contribution in [3.8, 4) is 11.5 Å². The third-order valence-electron chi connectivity index (χ3n) is 5.26. The van der Waals surface area contributed by atoms with Crippen molar-refractivity contribution < 1.29 is 19.1 Å². The van der Waals surface area contributed by atoms with Gasteiger partial charge in [-0.2, -0.15) is 0 Å². The second-order valence-electron chi connectivity index (χ2n) is 9.15. The van der Waals surface area contributed by atoms with E-state index in [0.29, 0.717) is 41.2 Å². The van der Waals surface area contributed by atoms with E-state index in [2.05, 4.69) is 5.32 Å². The van der Waals surface area contributed by atoms with E-state index >= 15 is 0 Å². The summed E-state index contributed by atoms with van der Waals surface area (Å²) in [6, 6.07) is 10.1. The van der Waals surface area contributed by atoms with Crippen LogP contribution in [0.2, 0.25) is 10.0 Å². The lowest BCUT2D eigenvalue weighted by molar-refractivity contribution is -0.141. The fourth-order valence-electron chi connectivity index (χ4n) is 3.53.